The van der Waals surface area contributed by atoms with Crippen LogP contribution in [0.25, 0.3) is 10.9 Å². The first-order valence-electron chi connectivity index (χ1n) is 10.8. The van der Waals surface area contributed by atoms with Crippen molar-refractivity contribution in [2.24, 2.45) is 16.0 Å². The van der Waals surface area contributed by atoms with Crippen LogP contribution >= 0.6 is 12.2 Å². The van der Waals surface area contributed by atoms with Gasteiger partial charge in [0, 0.05) is 18.5 Å². The molecular weight excluding hydrogens is 430 g/mol. The van der Waals surface area contributed by atoms with Crippen molar-refractivity contribution in [3.8, 4) is 5.88 Å². The maximum absolute atomic E-state index is 11.2. The molecule has 0 radical (unpaired) electrons. The van der Waals surface area contributed by atoms with Crippen molar-refractivity contribution in [3.63, 3.8) is 0 Å². The van der Waals surface area contributed by atoms with Crippen LogP contribution < -0.4 is 5.73 Å². The fourth-order valence-electron chi connectivity index (χ4n) is 4.06. The third-order valence-corrected chi connectivity index (χ3v) is 5.88. The molecule has 4 aromatic rings. The molecule has 0 aliphatic rings. The molecule has 0 fully saturated rings. The largest absolute Gasteiger partial charge is 0.493 e. The summed E-state index contributed by atoms with van der Waals surface area (Å²) in [5.74, 6) is 0.0461. The number of thiocarbonyl (C=S) groups is 1. The third-order valence-electron chi connectivity index (χ3n) is 5.80. The van der Waals surface area contributed by atoms with E-state index in [0.29, 0.717) is 12.4 Å². The maximum atomic E-state index is 11.2. The Labute approximate surface area is 199 Å². The molecule has 0 saturated carbocycles. The van der Waals surface area contributed by atoms with Gasteiger partial charge in [-0.3, -0.25) is 9.47 Å². The second-order valence-corrected chi connectivity index (χ2v) is 8.56. The van der Waals surface area contributed by atoms with Gasteiger partial charge in [0.15, 0.2) is 5.69 Å². The van der Waals surface area contributed by atoms with Gasteiger partial charge in [-0.05, 0) is 54.4 Å². The Balaban J connectivity index is 1.78. The van der Waals surface area contributed by atoms with Crippen molar-refractivity contribution in [1.82, 2.24) is 9.47 Å². The fourth-order valence-corrected chi connectivity index (χ4v) is 4.10. The van der Waals surface area contributed by atoms with Gasteiger partial charge in [-0.25, -0.2) is 0 Å². The summed E-state index contributed by atoms with van der Waals surface area (Å²) in [6.07, 6.45) is 0. The molecule has 0 unspecified atom stereocenters. The van der Waals surface area contributed by atoms with Crippen molar-refractivity contribution < 1.29 is 5.11 Å². The number of nitrogens with two attached hydrogens (primary N) is 1. The van der Waals surface area contributed by atoms with Crippen molar-refractivity contribution >= 4 is 33.9 Å². The molecule has 0 bridgehead atoms. The highest BCUT2D eigenvalue weighted by molar-refractivity contribution is 7.80. The van der Waals surface area contributed by atoms with E-state index in [9.17, 15) is 5.11 Å². The molecule has 3 aromatic carbocycles. The van der Waals surface area contributed by atoms with E-state index in [-0.39, 0.29) is 11.0 Å². The summed E-state index contributed by atoms with van der Waals surface area (Å²) < 4.78 is 1.88. The first kappa shape index (κ1) is 22.6. The van der Waals surface area contributed by atoms with E-state index >= 15 is 0 Å². The van der Waals surface area contributed by atoms with Crippen molar-refractivity contribution in [2.45, 2.75) is 33.6 Å². The number of benzene rings is 3. The quantitative estimate of drug-likeness (QED) is 0.265. The smallest absolute Gasteiger partial charge is 0.221 e. The molecule has 33 heavy (non-hydrogen) atoms. The monoisotopic (exact) mass is 457 g/mol. The lowest BCUT2D eigenvalue weighted by Crippen LogP contribution is -2.25. The Morgan fingerprint density at radius 2 is 1.52 bits per heavy atom. The van der Waals surface area contributed by atoms with Gasteiger partial charge in [-0.2, -0.15) is 0 Å². The van der Waals surface area contributed by atoms with Gasteiger partial charge in [-0.15, -0.1) is 10.2 Å². The molecule has 0 spiro atoms. The second-order valence-electron chi connectivity index (χ2n) is 8.14. The number of aromatic hydroxyl groups is 1. The molecule has 1 heterocycles. The average Bonchev–Trinajstić information content (AvgIpc) is 3.07. The summed E-state index contributed by atoms with van der Waals surface area (Å²) in [4.78, 5) is 2.29. The average molecular weight is 458 g/mol. The second kappa shape index (κ2) is 9.94. The molecule has 6 nitrogen and oxygen atoms in total. The number of hydrogen-bond acceptors (Lipinski definition) is 4. The van der Waals surface area contributed by atoms with E-state index in [0.717, 1.165) is 35.1 Å². The molecule has 0 aliphatic heterocycles. The Morgan fingerprint density at radius 3 is 2.06 bits per heavy atom. The van der Waals surface area contributed by atoms with E-state index in [4.69, 9.17) is 18.0 Å². The standard InChI is InChI=1S/C26H27N5OS/c1-18-13-14-22-23(19(18)2)24(28-29-26(27)33)25(32)31(22)17-30(15-20-9-5-3-6-10-20)16-21-11-7-4-8-12-21/h3-14,32H,15-17H2,1-2H3,(H2,27,33). The third kappa shape index (κ3) is 5.10. The van der Waals surface area contributed by atoms with Crippen LogP contribution in [0.1, 0.15) is 22.3 Å². The van der Waals surface area contributed by atoms with Gasteiger partial charge < -0.3 is 10.8 Å². The van der Waals surface area contributed by atoms with Gasteiger partial charge in [0.25, 0.3) is 0 Å². The van der Waals surface area contributed by atoms with Crippen LogP contribution in [0.4, 0.5) is 5.69 Å². The number of hydrogen-bond donors (Lipinski definition) is 2. The van der Waals surface area contributed by atoms with Crippen LogP contribution in [0.2, 0.25) is 0 Å². The van der Waals surface area contributed by atoms with Crippen LogP contribution in [0.15, 0.2) is 83.0 Å². The van der Waals surface area contributed by atoms with E-state index in [2.05, 4.69) is 45.5 Å². The van der Waals surface area contributed by atoms with E-state index in [1.54, 1.807) is 0 Å². The summed E-state index contributed by atoms with van der Waals surface area (Å²) >= 11 is 4.86. The SMILES string of the molecule is Cc1ccc2c(c1C)c(N=NC(N)=S)c(O)n2CN(Cc1ccccc1)Cc1ccccc1. The zero-order chi connectivity index (χ0) is 23.4. The fraction of sp³-hybridized carbons (Fsp3) is 0.192. The van der Waals surface area contributed by atoms with Gasteiger partial charge in [0.1, 0.15) is 0 Å². The normalized spacial score (nSPS) is 11.6. The number of rotatable bonds is 7. The highest BCUT2D eigenvalue weighted by Gasteiger charge is 2.21. The molecule has 0 atom stereocenters. The number of nitrogens with zero attached hydrogens (tertiary/aromatic N) is 4. The molecular formula is C26H27N5OS. The van der Waals surface area contributed by atoms with Crippen LogP contribution in [0.5, 0.6) is 5.88 Å². The first-order chi connectivity index (χ1) is 15.9. The summed E-state index contributed by atoms with van der Waals surface area (Å²) in [5, 5.41) is 20.1. The molecule has 1 aromatic heterocycles. The highest BCUT2D eigenvalue weighted by atomic mass is 32.1. The van der Waals surface area contributed by atoms with Gasteiger partial charge in [0.2, 0.25) is 11.0 Å². The Bertz CT molecular complexity index is 1260. The topological polar surface area (TPSA) is 79.1 Å². The minimum Gasteiger partial charge on any atom is -0.493 e. The number of aryl methyl sites for hydroxylation is 2. The maximum Gasteiger partial charge on any atom is 0.221 e. The predicted octanol–water partition coefficient (Wildman–Crippen LogP) is 5.95. The zero-order valence-corrected chi connectivity index (χ0v) is 19.6. The Morgan fingerprint density at radius 1 is 0.939 bits per heavy atom. The first-order valence-corrected chi connectivity index (χ1v) is 11.2. The molecule has 168 valence electrons. The summed E-state index contributed by atoms with van der Waals surface area (Å²) in [5.41, 5.74) is 11.4. The highest BCUT2D eigenvalue weighted by Crippen LogP contribution is 2.41. The Hall–Kier alpha value is -3.55. The zero-order valence-electron chi connectivity index (χ0n) is 18.8. The molecule has 4 rings (SSSR count). The van der Waals surface area contributed by atoms with Crippen molar-refractivity contribution in [1.29, 1.82) is 0 Å². The summed E-state index contributed by atoms with van der Waals surface area (Å²) in [7, 11) is 0. The summed E-state index contributed by atoms with van der Waals surface area (Å²) in [6, 6.07) is 24.7. The lowest BCUT2D eigenvalue weighted by molar-refractivity contribution is 0.194. The van der Waals surface area contributed by atoms with Crippen molar-refractivity contribution in [3.05, 3.63) is 95.1 Å². The lowest BCUT2D eigenvalue weighted by Gasteiger charge is -2.24. The molecule has 7 heteroatoms. The number of fused-ring (bicyclic) bond motifs is 1. The Kier molecular flexibility index (Phi) is 6.82. The minimum atomic E-state index is -0.0737. The number of aromatic nitrogens is 1. The van der Waals surface area contributed by atoms with Gasteiger partial charge >= 0.3 is 0 Å². The van der Waals surface area contributed by atoms with Crippen LogP contribution in [0.3, 0.4) is 0 Å². The predicted molar refractivity (Wildman–Crippen MR) is 137 cm³/mol. The van der Waals surface area contributed by atoms with Crippen LogP contribution in [0, 0.1) is 13.8 Å². The molecule has 3 N–H and O–H groups in total. The molecule has 0 amide bonds. The molecule has 0 aliphatic carbocycles. The van der Waals surface area contributed by atoms with Crippen molar-refractivity contribution in [2.75, 3.05) is 0 Å². The number of azo groups is 1. The van der Waals surface area contributed by atoms with E-state index < -0.39 is 0 Å². The van der Waals surface area contributed by atoms with Crippen LogP contribution in [-0.2, 0) is 19.8 Å². The summed E-state index contributed by atoms with van der Waals surface area (Å²) in [6.45, 7) is 5.98. The minimum absolute atomic E-state index is 0.0461. The lowest BCUT2D eigenvalue weighted by atomic mass is 10.1. The van der Waals surface area contributed by atoms with Gasteiger partial charge in [0.05, 0.1) is 12.2 Å². The van der Waals surface area contributed by atoms with E-state index in [1.807, 2.05) is 60.9 Å². The van der Waals surface area contributed by atoms with Crippen LogP contribution in [-0.4, -0.2) is 19.7 Å². The van der Waals surface area contributed by atoms with E-state index in [1.165, 1.54) is 11.1 Å². The van der Waals surface area contributed by atoms with Gasteiger partial charge in [-0.1, -0.05) is 66.7 Å². The molecule has 0 saturated heterocycles.